The highest BCUT2D eigenvalue weighted by Crippen LogP contribution is 2.40. The quantitative estimate of drug-likeness (QED) is 0.844. The van der Waals surface area contributed by atoms with Crippen LogP contribution in [0.4, 0.5) is 0 Å². The molecular weight excluding hydrogens is 214 g/mol. The van der Waals surface area contributed by atoms with Crippen molar-refractivity contribution in [3.8, 4) is 5.75 Å². The van der Waals surface area contributed by atoms with Gasteiger partial charge in [-0.1, -0.05) is 18.2 Å². The van der Waals surface area contributed by atoms with E-state index in [0.717, 1.165) is 30.6 Å². The fraction of sp³-hybridized carbons (Fsp3) is 0.571. The van der Waals surface area contributed by atoms with Crippen molar-refractivity contribution in [2.24, 2.45) is 5.73 Å². The lowest BCUT2D eigenvalue weighted by molar-refractivity contribution is -0.00934. The van der Waals surface area contributed by atoms with Gasteiger partial charge in [0, 0.05) is 11.6 Å². The van der Waals surface area contributed by atoms with Crippen molar-refractivity contribution in [2.45, 2.75) is 44.2 Å². The van der Waals surface area contributed by atoms with E-state index in [9.17, 15) is 5.11 Å². The van der Waals surface area contributed by atoms with Gasteiger partial charge in [-0.3, -0.25) is 0 Å². The third-order valence-corrected chi connectivity index (χ3v) is 3.45. The van der Waals surface area contributed by atoms with E-state index in [0.29, 0.717) is 13.0 Å². The minimum absolute atomic E-state index is 0.0865. The fourth-order valence-corrected chi connectivity index (χ4v) is 2.67. The lowest BCUT2D eigenvalue weighted by atomic mass is 9.77. The molecule has 1 aromatic rings. The largest absolute Gasteiger partial charge is 0.493 e. The zero-order valence-corrected chi connectivity index (χ0v) is 10.4. The molecule has 0 aromatic heterocycles. The molecule has 0 saturated heterocycles. The molecule has 1 aliphatic rings. The minimum Gasteiger partial charge on any atom is -0.493 e. The van der Waals surface area contributed by atoms with Crippen molar-refractivity contribution in [2.75, 3.05) is 6.61 Å². The van der Waals surface area contributed by atoms with Gasteiger partial charge in [-0.15, -0.1) is 0 Å². The summed E-state index contributed by atoms with van der Waals surface area (Å²) in [6.07, 6.45) is 3.36. The lowest BCUT2D eigenvalue weighted by Crippen LogP contribution is -2.39. The number of para-hydroxylation sites is 1. The van der Waals surface area contributed by atoms with Gasteiger partial charge in [-0.2, -0.15) is 0 Å². The molecular formula is C14H21NO2. The van der Waals surface area contributed by atoms with Crippen molar-refractivity contribution in [1.29, 1.82) is 0 Å². The van der Waals surface area contributed by atoms with Crippen molar-refractivity contribution < 1.29 is 9.84 Å². The van der Waals surface area contributed by atoms with E-state index < -0.39 is 5.60 Å². The summed E-state index contributed by atoms with van der Waals surface area (Å²) in [7, 11) is 0. The van der Waals surface area contributed by atoms with Crippen LogP contribution in [0.1, 0.15) is 38.2 Å². The standard InChI is InChI=1S/C14H21NO2/c1-2-17-13-8-4-3-7-12(13)14(16)9-5-6-11(15)10-14/h3-4,7-8,11,16H,2,5-6,9-10,15H2,1H3. The summed E-state index contributed by atoms with van der Waals surface area (Å²) in [4.78, 5) is 0. The number of hydrogen-bond donors (Lipinski definition) is 2. The number of hydrogen-bond acceptors (Lipinski definition) is 3. The summed E-state index contributed by atoms with van der Waals surface area (Å²) >= 11 is 0. The van der Waals surface area contributed by atoms with Crippen LogP contribution in [-0.4, -0.2) is 17.8 Å². The first kappa shape index (κ1) is 12.4. The zero-order valence-electron chi connectivity index (χ0n) is 10.4. The maximum Gasteiger partial charge on any atom is 0.125 e. The first-order valence-corrected chi connectivity index (χ1v) is 6.36. The molecule has 0 bridgehead atoms. The van der Waals surface area contributed by atoms with Gasteiger partial charge >= 0.3 is 0 Å². The van der Waals surface area contributed by atoms with E-state index in [1.54, 1.807) is 0 Å². The number of ether oxygens (including phenoxy) is 1. The molecule has 3 N–H and O–H groups in total. The Morgan fingerprint density at radius 3 is 2.94 bits per heavy atom. The third-order valence-electron chi connectivity index (χ3n) is 3.45. The van der Waals surface area contributed by atoms with Crippen molar-refractivity contribution in [1.82, 2.24) is 0 Å². The normalized spacial score (nSPS) is 29.0. The van der Waals surface area contributed by atoms with Crippen LogP contribution in [0.25, 0.3) is 0 Å². The number of aliphatic hydroxyl groups is 1. The average molecular weight is 235 g/mol. The lowest BCUT2D eigenvalue weighted by Gasteiger charge is -2.36. The predicted octanol–water partition coefficient (Wildman–Crippen LogP) is 2.17. The molecule has 1 aromatic carbocycles. The van der Waals surface area contributed by atoms with Gasteiger partial charge in [0.15, 0.2) is 0 Å². The van der Waals surface area contributed by atoms with Crippen LogP contribution < -0.4 is 10.5 Å². The molecule has 94 valence electrons. The third kappa shape index (κ3) is 2.61. The molecule has 0 amide bonds. The molecule has 2 atom stereocenters. The summed E-state index contributed by atoms with van der Waals surface area (Å²) in [5.41, 5.74) is 6.04. The number of rotatable bonds is 3. The van der Waals surface area contributed by atoms with Crippen LogP contribution in [-0.2, 0) is 5.60 Å². The molecule has 0 spiro atoms. The fourth-order valence-electron chi connectivity index (χ4n) is 2.67. The smallest absolute Gasteiger partial charge is 0.125 e. The molecule has 1 aliphatic carbocycles. The van der Waals surface area contributed by atoms with Gasteiger partial charge in [0.1, 0.15) is 5.75 Å². The summed E-state index contributed by atoms with van der Waals surface area (Å²) < 4.78 is 5.59. The molecule has 1 fully saturated rings. The van der Waals surface area contributed by atoms with E-state index in [1.807, 2.05) is 31.2 Å². The highest BCUT2D eigenvalue weighted by Gasteiger charge is 2.36. The molecule has 2 unspecified atom stereocenters. The van der Waals surface area contributed by atoms with Crippen LogP contribution in [0.2, 0.25) is 0 Å². The Hall–Kier alpha value is -1.06. The maximum atomic E-state index is 10.8. The van der Waals surface area contributed by atoms with E-state index in [2.05, 4.69) is 0 Å². The monoisotopic (exact) mass is 235 g/mol. The summed E-state index contributed by atoms with van der Waals surface area (Å²) in [6.45, 7) is 2.56. The molecule has 0 heterocycles. The van der Waals surface area contributed by atoms with Gasteiger partial charge in [-0.05, 0) is 38.7 Å². The van der Waals surface area contributed by atoms with Crippen LogP contribution in [0.5, 0.6) is 5.75 Å². The van der Waals surface area contributed by atoms with Gasteiger partial charge < -0.3 is 15.6 Å². The molecule has 0 aliphatic heterocycles. The zero-order chi connectivity index (χ0) is 12.3. The minimum atomic E-state index is -0.816. The Morgan fingerprint density at radius 1 is 1.47 bits per heavy atom. The Labute approximate surface area is 103 Å². The first-order valence-electron chi connectivity index (χ1n) is 6.36. The predicted molar refractivity (Wildman–Crippen MR) is 68.0 cm³/mol. The van der Waals surface area contributed by atoms with Crippen LogP contribution in [0.15, 0.2) is 24.3 Å². The van der Waals surface area contributed by atoms with Gasteiger partial charge in [0.05, 0.1) is 12.2 Å². The van der Waals surface area contributed by atoms with E-state index in [4.69, 9.17) is 10.5 Å². The van der Waals surface area contributed by atoms with Gasteiger partial charge in [0.25, 0.3) is 0 Å². The Bertz CT molecular complexity index is 380. The Balaban J connectivity index is 2.31. The van der Waals surface area contributed by atoms with Crippen LogP contribution in [0.3, 0.4) is 0 Å². The summed E-state index contributed by atoms with van der Waals surface area (Å²) in [5.74, 6) is 0.784. The highest BCUT2D eigenvalue weighted by molar-refractivity contribution is 5.38. The topological polar surface area (TPSA) is 55.5 Å². The second-order valence-corrected chi connectivity index (χ2v) is 4.82. The molecule has 1 saturated carbocycles. The molecule has 0 radical (unpaired) electrons. The van der Waals surface area contributed by atoms with Crippen molar-refractivity contribution >= 4 is 0 Å². The Kier molecular flexibility index (Phi) is 3.69. The highest BCUT2D eigenvalue weighted by atomic mass is 16.5. The average Bonchev–Trinajstić information content (AvgIpc) is 2.30. The second-order valence-electron chi connectivity index (χ2n) is 4.82. The number of benzene rings is 1. The van der Waals surface area contributed by atoms with Crippen molar-refractivity contribution in [3.05, 3.63) is 29.8 Å². The van der Waals surface area contributed by atoms with Crippen molar-refractivity contribution in [3.63, 3.8) is 0 Å². The van der Waals surface area contributed by atoms with Crippen LogP contribution in [0, 0.1) is 0 Å². The summed E-state index contributed by atoms with van der Waals surface area (Å²) in [5, 5.41) is 10.8. The second kappa shape index (κ2) is 5.07. The molecule has 3 nitrogen and oxygen atoms in total. The number of nitrogens with two attached hydrogens (primary N) is 1. The summed E-state index contributed by atoms with van der Waals surface area (Å²) in [6, 6.07) is 7.82. The SMILES string of the molecule is CCOc1ccccc1C1(O)CCCC(N)C1. The molecule has 17 heavy (non-hydrogen) atoms. The van der Waals surface area contributed by atoms with E-state index in [1.165, 1.54) is 0 Å². The van der Waals surface area contributed by atoms with Crippen LogP contribution >= 0.6 is 0 Å². The van der Waals surface area contributed by atoms with E-state index >= 15 is 0 Å². The first-order chi connectivity index (χ1) is 8.15. The van der Waals surface area contributed by atoms with E-state index in [-0.39, 0.29) is 6.04 Å². The maximum absolute atomic E-state index is 10.8. The van der Waals surface area contributed by atoms with Gasteiger partial charge in [-0.25, -0.2) is 0 Å². The molecule has 3 heteroatoms. The van der Waals surface area contributed by atoms with Gasteiger partial charge in [0.2, 0.25) is 0 Å². The molecule has 2 rings (SSSR count). The Morgan fingerprint density at radius 2 is 2.24 bits per heavy atom.